The fourth-order valence-corrected chi connectivity index (χ4v) is 3.54. The highest BCUT2D eigenvalue weighted by atomic mass is 79.9. The van der Waals surface area contributed by atoms with Crippen LogP contribution in [0.5, 0.6) is 0 Å². The Labute approximate surface area is 170 Å². The lowest BCUT2D eigenvalue weighted by molar-refractivity contribution is -0.126. The van der Waals surface area contributed by atoms with Crippen LogP contribution in [0.2, 0.25) is 0 Å². The number of nitrogens with one attached hydrogen (secondary N) is 1. The zero-order valence-electron chi connectivity index (χ0n) is 14.4. The highest BCUT2D eigenvalue weighted by molar-refractivity contribution is 9.10. The van der Waals surface area contributed by atoms with E-state index in [-0.39, 0.29) is 11.8 Å². The Morgan fingerprint density at radius 3 is 2.23 bits per heavy atom. The number of carbonyl (C=O) groups is 1. The van der Waals surface area contributed by atoms with E-state index in [2.05, 4.69) is 71.6 Å². The number of rotatable bonds is 5. The van der Waals surface area contributed by atoms with Crippen molar-refractivity contribution < 1.29 is 4.79 Å². The van der Waals surface area contributed by atoms with Crippen LogP contribution in [-0.4, -0.2) is 30.1 Å². The van der Waals surface area contributed by atoms with Crippen molar-refractivity contribution in [1.82, 2.24) is 10.3 Å². The number of hydrogen-bond donors (Lipinski definition) is 1. The summed E-state index contributed by atoms with van der Waals surface area (Å²) in [6, 6.07) is 16.2. The molecule has 2 aromatic rings. The zero-order chi connectivity index (χ0) is 18.4. The molecule has 1 saturated heterocycles. The van der Waals surface area contributed by atoms with Crippen molar-refractivity contribution >= 4 is 44.0 Å². The van der Waals surface area contributed by atoms with Crippen LogP contribution in [-0.2, 0) is 11.3 Å². The molecule has 4 nitrogen and oxygen atoms in total. The molecule has 1 aliphatic heterocycles. The number of hydrazone groups is 1. The summed E-state index contributed by atoms with van der Waals surface area (Å²) < 4.78 is 2.12. The van der Waals surface area contributed by atoms with Crippen molar-refractivity contribution in [1.29, 1.82) is 0 Å². The van der Waals surface area contributed by atoms with Gasteiger partial charge in [-0.1, -0.05) is 56.1 Å². The molecule has 0 aliphatic carbocycles. The third kappa shape index (κ3) is 5.76. The van der Waals surface area contributed by atoms with Gasteiger partial charge in [0.15, 0.2) is 0 Å². The number of hydrogen-bond acceptors (Lipinski definition) is 3. The Bertz CT molecular complexity index is 752. The Morgan fingerprint density at radius 2 is 1.62 bits per heavy atom. The molecule has 0 aromatic heterocycles. The maximum atomic E-state index is 12.3. The average molecular weight is 479 g/mol. The molecule has 1 N–H and O–H groups in total. The first-order valence-electron chi connectivity index (χ1n) is 8.65. The van der Waals surface area contributed by atoms with Gasteiger partial charge >= 0.3 is 0 Å². The minimum absolute atomic E-state index is 0.0154. The number of amides is 1. The summed E-state index contributed by atoms with van der Waals surface area (Å²) in [6.07, 6.45) is 3.42. The molecule has 6 heteroatoms. The fraction of sp³-hybridized carbons (Fsp3) is 0.300. The van der Waals surface area contributed by atoms with Gasteiger partial charge in [0, 0.05) is 21.4 Å². The molecule has 0 bridgehead atoms. The lowest BCUT2D eigenvalue weighted by atomic mass is 9.96. The third-order valence-electron chi connectivity index (χ3n) is 4.54. The van der Waals surface area contributed by atoms with Gasteiger partial charge in [-0.05, 0) is 61.3 Å². The van der Waals surface area contributed by atoms with Crippen molar-refractivity contribution in [3.8, 4) is 0 Å². The normalized spacial score (nSPS) is 16.1. The van der Waals surface area contributed by atoms with Crippen LogP contribution in [0.3, 0.4) is 0 Å². The smallest absolute Gasteiger partial charge is 0.243 e. The highest BCUT2D eigenvalue weighted by Gasteiger charge is 2.24. The van der Waals surface area contributed by atoms with Crippen molar-refractivity contribution in [2.75, 3.05) is 13.1 Å². The van der Waals surface area contributed by atoms with Crippen molar-refractivity contribution in [2.24, 2.45) is 11.0 Å². The van der Waals surface area contributed by atoms with Gasteiger partial charge in [-0.15, -0.1) is 0 Å². The zero-order valence-corrected chi connectivity index (χ0v) is 17.5. The molecule has 2 aromatic carbocycles. The molecule has 0 saturated carbocycles. The van der Waals surface area contributed by atoms with Crippen LogP contribution in [0.1, 0.15) is 24.0 Å². The van der Waals surface area contributed by atoms with Crippen LogP contribution in [0, 0.1) is 5.92 Å². The maximum absolute atomic E-state index is 12.3. The molecular formula is C20H21Br2N3O. The summed E-state index contributed by atoms with van der Waals surface area (Å²) in [5.41, 5.74) is 4.94. The number of carbonyl (C=O) groups excluding carboxylic acids is 1. The predicted octanol–water partition coefficient (Wildman–Crippen LogP) is 4.57. The summed E-state index contributed by atoms with van der Waals surface area (Å²) in [5, 5.41) is 4.08. The SMILES string of the molecule is O=C(NN=Cc1ccc(Br)cc1)C1CCN(Cc2ccc(Br)cc2)CC1. The molecule has 1 aliphatic rings. The first kappa shape index (κ1) is 19.3. The third-order valence-corrected chi connectivity index (χ3v) is 5.59. The predicted molar refractivity (Wildman–Crippen MR) is 112 cm³/mol. The molecule has 0 unspecified atom stereocenters. The van der Waals surface area contributed by atoms with E-state index in [0.717, 1.165) is 47.0 Å². The minimum atomic E-state index is 0.0154. The molecule has 0 atom stereocenters. The Kier molecular flexibility index (Phi) is 7.00. The topological polar surface area (TPSA) is 44.7 Å². The summed E-state index contributed by atoms with van der Waals surface area (Å²) in [7, 11) is 0. The maximum Gasteiger partial charge on any atom is 0.243 e. The van der Waals surface area contributed by atoms with Crippen LogP contribution in [0.4, 0.5) is 0 Å². The van der Waals surface area contributed by atoms with E-state index in [1.807, 2.05) is 24.3 Å². The molecular weight excluding hydrogens is 458 g/mol. The number of nitrogens with zero attached hydrogens (tertiary/aromatic N) is 2. The first-order chi connectivity index (χ1) is 12.6. The number of piperidine rings is 1. The molecule has 0 radical (unpaired) electrons. The van der Waals surface area contributed by atoms with E-state index in [1.54, 1.807) is 6.21 Å². The van der Waals surface area contributed by atoms with E-state index >= 15 is 0 Å². The average Bonchev–Trinajstić information content (AvgIpc) is 2.66. The van der Waals surface area contributed by atoms with E-state index in [4.69, 9.17) is 0 Å². The summed E-state index contributed by atoms with van der Waals surface area (Å²) in [6.45, 7) is 2.80. The number of benzene rings is 2. The van der Waals surface area contributed by atoms with Gasteiger partial charge in [-0.3, -0.25) is 9.69 Å². The van der Waals surface area contributed by atoms with E-state index < -0.39 is 0 Å². The summed E-state index contributed by atoms with van der Waals surface area (Å²) in [5.74, 6) is 0.0555. The van der Waals surface area contributed by atoms with Crippen molar-refractivity contribution in [3.63, 3.8) is 0 Å². The summed E-state index contributed by atoms with van der Waals surface area (Å²) in [4.78, 5) is 14.7. The van der Waals surface area contributed by atoms with Crippen LogP contribution < -0.4 is 5.43 Å². The molecule has 3 rings (SSSR count). The minimum Gasteiger partial charge on any atom is -0.299 e. The lowest BCUT2D eigenvalue weighted by Crippen LogP contribution is -2.39. The Hall–Kier alpha value is -1.50. The second-order valence-corrected chi connectivity index (χ2v) is 8.29. The Balaban J connectivity index is 1.43. The second-order valence-electron chi connectivity index (χ2n) is 6.46. The van der Waals surface area contributed by atoms with Gasteiger partial charge < -0.3 is 0 Å². The molecule has 26 heavy (non-hydrogen) atoms. The highest BCUT2D eigenvalue weighted by Crippen LogP contribution is 2.20. The Morgan fingerprint density at radius 1 is 1.04 bits per heavy atom. The molecule has 0 spiro atoms. The first-order valence-corrected chi connectivity index (χ1v) is 10.2. The van der Waals surface area contributed by atoms with E-state index in [1.165, 1.54) is 5.56 Å². The van der Waals surface area contributed by atoms with Gasteiger partial charge in [0.2, 0.25) is 5.91 Å². The van der Waals surface area contributed by atoms with Crippen LogP contribution in [0.15, 0.2) is 62.6 Å². The van der Waals surface area contributed by atoms with Gasteiger partial charge in [0.25, 0.3) is 0 Å². The largest absolute Gasteiger partial charge is 0.299 e. The molecule has 136 valence electrons. The second kappa shape index (κ2) is 9.44. The molecule has 1 amide bonds. The van der Waals surface area contributed by atoms with Gasteiger partial charge in [-0.2, -0.15) is 5.10 Å². The molecule has 1 fully saturated rings. The fourth-order valence-electron chi connectivity index (χ4n) is 3.01. The van der Waals surface area contributed by atoms with Crippen LogP contribution >= 0.6 is 31.9 Å². The monoisotopic (exact) mass is 477 g/mol. The summed E-state index contributed by atoms with van der Waals surface area (Å²) >= 11 is 6.86. The van der Waals surface area contributed by atoms with Gasteiger partial charge in [0.05, 0.1) is 6.21 Å². The number of halogens is 2. The van der Waals surface area contributed by atoms with Crippen LogP contribution in [0.25, 0.3) is 0 Å². The van der Waals surface area contributed by atoms with Gasteiger partial charge in [0.1, 0.15) is 0 Å². The van der Waals surface area contributed by atoms with E-state index in [9.17, 15) is 4.79 Å². The standard InChI is InChI=1S/C20H21Br2N3O/c21-18-5-1-15(2-6-18)13-23-24-20(26)17-9-11-25(12-10-17)14-16-3-7-19(22)8-4-16/h1-8,13,17H,9-12,14H2,(H,24,26). The quantitative estimate of drug-likeness (QED) is 0.505. The van der Waals surface area contributed by atoms with Crippen molar-refractivity contribution in [2.45, 2.75) is 19.4 Å². The van der Waals surface area contributed by atoms with E-state index in [0.29, 0.717) is 0 Å². The lowest BCUT2D eigenvalue weighted by Gasteiger charge is -2.30. The number of likely N-dealkylation sites (tertiary alicyclic amines) is 1. The van der Waals surface area contributed by atoms with Gasteiger partial charge in [-0.25, -0.2) is 5.43 Å². The molecule has 1 heterocycles. The van der Waals surface area contributed by atoms with Crippen molar-refractivity contribution in [3.05, 3.63) is 68.6 Å².